The molecule has 0 atom stereocenters. The number of carbonyl (C=O) groups excluding carboxylic acids is 1. The molecule has 0 aliphatic carbocycles. The third-order valence-corrected chi connectivity index (χ3v) is 0.753. The molecule has 0 saturated carbocycles. The predicted octanol–water partition coefficient (Wildman–Crippen LogP) is -0.261. The van der Waals surface area contributed by atoms with Crippen molar-refractivity contribution >= 4 is 5.97 Å². The van der Waals surface area contributed by atoms with Gasteiger partial charge in [0.05, 0.1) is 7.11 Å². The van der Waals surface area contributed by atoms with E-state index in [-0.39, 0.29) is 5.97 Å². The number of nitrogens with one attached hydrogen (secondary N) is 1. The van der Waals surface area contributed by atoms with Gasteiger partial charge in [-0.3, -0.25) is 0 Å². The maximum atomic E-state index is 10.4. The molecule has 0 saturated heterocycles. The fourth-order valence-corrected chi connectivity index (χ4v) is 0.322. The Bertz CT molecular complexity index is 132. The summed E-state index contributed by atoms with van der Waals surface area (Å²) in [5, 5.41) is 1.71. The number of hydrogen-bond acceptors (Lipinski definition) is 4. The van der Waals surface area contributed by atoms with E-state index in [1.807, 2.05) is 14.1 Å². The summed E-state index contributed by atoms with van der Waals surface area (Å²) in [6.45, 7) is 0. The monoisotopic (exact) mass is 144 g/mol. The van der Waals surface area contributed by atoms with Crippen LogP contribution in [0.1, 0.15) is 0 Å². The van der Waals surface area contributed by atoms with Crippen molar-refractivity contribution in [2.45, 2.75) is 0 Å². The van der Waals surface area contributed by atoms with Crippen molar-refractivity contribution in [2.24, 2.45) is 0 Å². The van der Waals surface area contributed by atoms with Crippen LogP contribution in [-0.4, -0.2) is 32.2 Å². The van der Waals surface area contributed by atoms with Crippen LogP contribution in [0.25, 0.3) is 0 Å². The largest absolute Gasteiger partial charge is 0.466 e. The summed E-state index contributed by atoms with van der Waals surface area (Å²) < 4.78 is 4.35. The first-order valence-corrected chi connectivity index (χ1v) is 2.85. The lowest BCUT2D eigenvalue weighted by Crippen LogP contribution is -2.25. The molecule has 0 aliphatic heterocycles. The van der Waals surface area contributed by atoms with Crippen LogP contribution < -0.4 is 5.43 Å². The highest BCUT2D eigenvalue weighted by molar-refractivity contribution is 5.81. The smallest absolute Gasteiger partial charge is 0.331 e. The van der Waals surface area contributed by atoms with Gasteiger partial charge in [0.2, 0.25) is 0 Å². The molecular weight excluding hydrogens is 132 g/mol. The second-order valence-electron chi connectivity index (χ2n) is 1.88. The molecule has 0 rings (SSSR count). The summed E-state index contributed by atoms with van der Waals surface area (Å²) in [6.07, 6.45) is 2.81. The summed E-state index contributed by atoms with van der Waals surface area (Å²) in [4.78, 5) is 10.4. The van der Waals surface area contributed by atoms with Crippen LogP contribution in [0.15, 0.2) is 12.3 Å². The van der Waals surface area contributed by atoms with E-state index in [9.17, 15) is 4.79 Å². The summed E-state index contributed by atoms with van der Waals surface area (Å²) in [7, 11) is 4.98. The number of carbonyl (C=O) groups is 1. The Morgan fingerprint density at radius 1 is 1.60 bits per heavy atom. The van der Waals surface area contributed by atoms with Crippen LogP contribution in [0.3, 0.4) is 0 Å². The van der Waals surface area contributed by atoms with Gasteiger partial charge in [0.25, 0.3) is 0 Å². The van der Waals surface area contributed by atoms with Crippen LogP contribution >= 0.6 is 0 Å². The molecule has 0 unspecified atom stereocenters. The van der Waals surface area contributed by atoms with Gasteiger partial charge in [-0.05, 0) is 0 Å². The Hall–Kier alpha value is -1.03. The molecule has 58 valence electrons. The molecule has 0 spiro atoms. The molecule has 0 bridgehead atoms. The van der Waals surface area contributed by atoms with Crippen LogP contribution in [-0.2, 0) is 9.53 Å². The fraction of sp³-hybridized carbons (Fsp3) is 0.500. The minimum absolute atomic E-state index is 0.366. The van der Waals surface area contributed by atoms with Crippen molar-refractivity contribution in [1.29, 1.82) is 0 Å². The quantitative estimate of drug-likeness (QED) is 0.336. The second-order valence-corrected chi connectivity index (χ2v) is 1.88. The van der Waals surface area contributed by atoms with Crippen molar-refractivity contribution in [3.63, 3.8) is 0 Å². The van der Waals surface area contributed by atoms with E-state index in [2.05, 4.69) is 10.2 Å². The first kappa shape index (κ1) is 8.97. The number of nitrogens with zero attached hydrogens (tertiary/aromatic N) is 1. The van der Waals surface area contributed by atoms with Gasteiger partial charge in [-0.2, -0.15) is 0 Å². The van der Waals surface area contributed by atoms with E-state index >= 15 is 0 Å². The van der Waals surface area contributed by atoms with E-state index in [1.165, 1.54) is 19.4 Å². The standard InChI is InChI=1S/C6H12N2O2/c1-8(2)7-5-4-6(9)10-3/h4-5,7H,1-3H3/b5-4+. The van der Waals surface area contributed by atoms with Crippen molar-refractivity contribution in [3.05, 3.63) is 12.3 Å². The van der Waals surface area contributed by atoms with Crippen molar-refractivity contribution in [3.8, 4) is 0 Å². The zero-order valence-corrected chi connectivity index (χ0v) is 6.42. The molecule has 1 N–H and O–H groups in total. The van der Waals surface area contributed by atoms with Gasteiger partial charge in [-0.25, -0.2) is 9.80 Å². The molecule has 0 aliphatic rings. The minimum Gasteiger partial charge on any atom is -0.466 e. The average Bonchev–Trinajstić information content (AvgIpc) is 1.87. The Morgan fingerprint density at radius 3 is 2.60 bits per heavy atom. The van der Waals surface area contributed by atoms with Crippen LogP contribution in [0.2, 0.25) is 0 Å². The topological polar surface area (TPSA) is 41.6 Å². The molecule has 0 aromatic heterocycles. The van der Waals surface area contributed by atoms with Crippen LogP contribution in [0, 0.1) is 0 Å². The molecule has 0 radical (unpaired) electrons. The normalized spacial score (nSPS) is 10.4. The highest BCUT2D eigenvalue weighted by Gasteiger charge is 1.88. The number of methoxy groups -OCH3 is 1. The lowest BCUT2D eigenvalue weighted by atomic mass is 10.6. The van der Waals surface area contributed by atoms with E-state index in [0.29, 0.717) is 0 Å². The fourth-order valence-electron chi connectivity index (χ4n) is 0.322. The van der Waals surface area contributed by atoms with Gasteiger partial charge in [0.1, 0.15) is 0 Å². The highest BCUT2D eigenvalue weighted by Crippen LogP contribution is 1.74. The lowest BCUT2D eigenvalue weighted by Gasteiger charge is -2.06. The molecular formula is C6H12N2O2. The number of hydrogen-bond donors (Lipinski definition) is 1. The Balaban J connectivity index is 3.46. The van der Waals surface area contributed by atoms with Gasteiger partial charge in [0, 0.05) is 26.4 Å². The maximum Gasteiger partial charge on any atom is 0.331 e. The van der Waals surface area contributed by atoms with Gasteiger partial charge in [-0.1, -0.05) is 0 Å². The Morgan fingerprint density at radius 2 is 2.20 bits per heavy atom. The third kappa shape index (κ3) is 5.11. The number of hydrazine groups is 1. The third-order valence-electron chi connectivity index (χ3n) is 0.753. The molecule has 0 amide bonds. The van der Waals surface area contributed by atoms with E-state index in [4.69, 9.17) is 0 Å². The van der Waals surface area contributed by atoms with E-state index in [0.717, 1.165) is 0 Å². The second kappa shape index (κ2) is 4.81. The maximum absolute atomic E-state index is 10.4. The number of rotatable bonds is 3. The summed E-state index contributed by atoms with van der Waals surface area (Å²) in [5.74, 6) is -0.366. The van der Waals surface area contributed by atoms with Crippen molar-refractivity contribution in [2.75, 3.05) is 21.2 Å². The van der Waals surface area contributed by atoms with E-state index < -0.39 is 0 Å². The van der Waals surface area contributed by atoms with Crippen LogP contribution in [0.4, 0.5) is 0 Å². The zero-order valence-electron chi connectivity index (χ0n) is 6.42. The first-order valence-electron chi connectivity index (χ1n) is 2.85. The molecule has 4 nitrogen and oxygen atoms in total. The minimum atomic E-state index is -0.366. The predicted molar refractivity (Wildman–Crippen MR) is 38.0 cm³/mol. The number of ether oxygens (including phenoxy) is 1. The molecule has 0 aromatic carbocycles. The van der Waals surface area contributed by atoms with Crippen molar-refractivity contribution in [1.82, 2.24) is 10.4 Å². The summed E-state index contributed by atoms with van der Waals surface area (Å²) in [5.41, 5.74) is 2.76. The Labute approximate surface area is 60.4 Å². The summed E-state index contributed by atoms with van der Waals surface area (Å²) in [6, 6.07) is 0. The van der Waals surface area contributed by atoms with Crippen molar-refractivity contribution < 1.29 is 9.53 Å². The molecule has 0 aromatic rings. The first-order chi connectivity index (χ1) is 4.66. The molecule has 10 heavy (non-hydrogen) atoms. The van der Waals surface area contributed by atoms with Gasteiger partial charge < -0.3 is 10.2 Å². The lowest BCUT2D eigenvalue weighted by molar-refractivity contribution is -0.134. The Kier molecular flexibility index (Phi) is 4.32. The average molecular weight is 144 g/mol. The van der Waals surface area contributed by atoms with Crippen LogP contribution in [0.5, 0.6) is 0 Å². The van der Waals surface area contributed by atoms with E-state index in [1.54, 1.807) is 5.01 Å². The SMILES string of the molecule is COC(=O)/C=C/NN(C)C. The summed E-state index contributed by atoms with van der Waals surface area (Å²) >= 11 is 0. The molecule has 0 fully saturated rings. The highest BCUT2D eigenvalue weighted by atomic mass is 16.5. The van der Waals surface area contributed by atoms with Gasteiger partial charge in [-0.15, -0.1) is 0 Å². The number of esters is 1. The van der Waals surface area contributed by atoms with Gasteiger partial charge in [0.15, 0.2) is 0 Å². The molecule has 0 heterocycles. The zero-order chi connectivity index (χ0) is 7.98. The molecule has 4 heteroatoms. The van der Waals surface area contributed by atoms with Gasteiger partial charge >= 0.3 is 5.97 Å².